The molecule has 0 spiro atoms. The van der Waals surface area contributed by atoms with E-state index in [0.717, 1.165) is 0 Å². The van der Waals surface area contributed by atoms with Crippen LogP contribution in [0.25, 0.3) is 0 Å². The zero-order valence-corrected chi connectivity index (χ0v) is 11.0. The van der Waals surface area contributed by atoms with Crippen molar-refractivity contribution in [3.8, 4) is 0 Å². The third kappa shape index (κ3) is 1.80. The normalized spacial score (nSPS) is 26.1. The number of hydrogen-bond acceptors (Lipinski definition) is 0. The monoisotopic (exact) mass is 210 g/mol. The van der Waals surface area contributed by atoms with Gasteiger partial charge in [0.05, 0.1) is 8.07 Å². The van der Waals surface area contributed by atoms with E-state index in [1.165, 1.54) is 11.1 Å². The van der Waals surface area contributed by atoms with Crippen LogP contribution in [0.3, 0.4) is 0 Å². The molecular formula is C13H26Si. The van der Waals surface area contributed by atoms with Gasteiger partial charge in [0.2, 0.25) is 0 Å². The molecule has 2 aliphatic carbocycles. The van der Waals surface area contributed by atoms with Gasteiger partial charge < -0.3 is 0 Å². The molecule has 2 aliphatic rings. The minimum absolute atomic E-state index is 0.857. The Morgan fingerprint density at radius 2 is 1.21 bits per heavy atom. The first-order valence-electron chi connectivity index (χ1n) is 6.77. The zero-order valence-electron chi connectivity index (χ0n) is 10.0. The van der Waals surface area contributed by atoms with Crippen molar-refractivity contribution >= 4 is 8.07 Å². The number of hydrogen-bond donors (Lipinski definition) is 0. The molecule has 0 aliphatic heterocycles. The molecule has 82 valence electrons. The first-order chi connectivity index (χ1) is 6.77. The van der Waals surface area contributed by atoms with Crippen LogP contribution in [0.1, 0.15) is 58.3 Å². The van der Waals surface area contributed by atoms with E-state index < -0.39 is 8.07 Å². The van der Waals surface area contributed by atoms with Crippen LogP contribution in [0.2, 0.25) is 23.7 Å². The first kappa shape index (κ1) is 10.7. The maximum atomic E-state index is 2.74. The fraction of sp³-hybridized carbons (Fsp3) is 1.00. The van der Waals surface area contributed by atoms with E-state index in [1.807, 2.05) is 0 Å². The summed E-state index contributed by atoms with van der Waals surface area (Å²) in [5.74, 6) is 0. The Bertz CT molecular complexity index is 160. The van der Waals surface area contributed by atoms with Crippen molar-refractivity contribution in [2.45, 2.75) is 82.0 Å². The SMILES string of the molecule is CC[Si](C)(C1CCCC1)C1CCCC1. The second-order valence-electron chi connectivity index (χ2n) is 5.82. The summed E-state index contributed by atoms with van der Waals surface area (Å²) >= 11 is 0. The lowest BCUT2D eigenvalue weighted by Gasteiger charge is -2.38. The minimum Gasteiger partial charge on any atom is -0.0688 e. The summed E-state index contributed by atoms with van der Waals surface area (Å²) in [4.78, 5) is 0. The summed E-state index contributed by atoms with van der Waals surface area (Å²) in [7, 11) is -0.857. The third-order valence-electron chi connectivity index (χ3n) is 5.34. The molecular weight excluding hydrogens is 184 g/mol. The molecule has 0 atom stereocenters. The lowest BCUT2D eigenvalue weighted by Crippen LogP contribution is -2.39. The first-order valence-corrected chi connectivity index (χ1v) is 9.63. The standard InChI is InChI=1S/C13H26Si/c1-3-14(2,12-8-4-5-9-12)13-10-6-7-11-13/h12-13H,3-11H2,1-2H3. The highest BCUT2D eigenvalue weighted by Crippen LogP contribution is 2.51. The van der Waals surface area contributed by atoms with Gasteiger partial charge in [0.25, 0.3) is 0 Å². The highest BCUT2D eigenvalue weighted by molar-refractivity contribution is 6.81. The third-order valence-corrected chi connectivity index (χ3v) is 11.7. The van der Waals surface area contributed by atoms with E-state index in [0.29, 0.717) is 0 Å². The molecule has 0 N–H and O–H groups in total. The summed E-state index contributed by atoms with van der Waals surface area (Å²) in [6.07, 6.45) is 12.5. The lowest BCUT2D eigenvalue weighted by molar-refractivity contribution is 0.740. The molecule has 1 heteroatoms. The summed E-state index contributed by atoms with van der Waals surface area (Å²) in [6.45, 7) is 5.22. The molecule has 0 heterocycles. The molecule has 0 nitrogen and oxygen atoms in total. The predicted octanol–water partition coefficient (Wildman–Crippen LogP) is 4.97. The minimum atomic E-state index is -0.857. The van der Waals surface area contributed by atoms with Crippen molar-refractivity contribution in [1.29, 1.82) is 0 Å². The molecule has 0 amide bonds. The van der Waals surface area contributed by atoms with Gasteiger partial charge in [-0.25, -0.2) is 0 Å². The quantitative estimate of drug-likeness (QED) is 0.577. The van der Waals surface area contributed by atoms with E-state index in [4.69, 9.17) is 0 Å². The Hall–Kier alpha value is 0.217. The van der Waals surface area contributed by atoms with Crippen molar-refractivity contribution in [2.75, 3.05) is 0 Å². The Morgan fingerprint density at radius 1 is 0.857 bits per heavy atom. The van der Waals surface area contributed by atoms with Crippen LogP contribution >= 0.6 is 0 Å². The van der Waals surface area contributed by atoms with Crippen LogP contribution in [0.4, 0.5) is 0 Å². The summed E-state index contributed by atoms with van der Waals surface area (Å²) in [5.41, 5.74) is 2.41. The van der Waals surface area contributed by atoms with Gasteiger partial charge in [-0.05, 0) is 11.1 Å². The molecule has 0 unspecified atom stereocenters. The molecule has 0 aromatic carbocycles. The smallest absolute Gasteiger partial charge is 0.0564 e. The van der Waals surface area contributed by atoms with Crippen LogP contribution in [-0.4, -0.2) is 8.07 Å². The maximum Gasteiger partial charge on any atom is 0.0564 e. The van der Waals surface area contributed by atoms with Crippen LogP contribution < -0.4 is 0 Å². The van der Waals surface area contributed by atoms with Crippen LogP contribution in [-0.2, 0) is 0 Å². The van der Waals surface area contributed by atoms with Gasteiger partial charge in [-0.2, -0.15) is 0 Å². The molecule has 2 saturated carbocycles. The highest BCUT2D eigenvalue weighted by atomic mass is 28.3. The van der Waals surface area contributed by atoms with Crippen molar-refractivity contribution in [3.05, 3.63) is 0 Å². The van der Waals surface area contributed by atoms with Crippen molar-refractivity contribution in [3.63, 3.8) is 0 Å². The fourth-order valence-corrected chi connectivity index (χ4v) is 9.36. The van der Waals surface area contributed by atoms with E-state index in [-0.39, 0.29) is 0 Å². The van der Waals surface area contributed by atoms with E-state index >= 15 is 0 Å². The Kier molecular flexibility index (Phi) is 3.36. The van der Waals surface area contributed by atoms with Gasteiger partial charge in [-0.1, -0.05) is 70.9 Å². The van der Waals surface area contributed by atoms with Gasteiger partial charge in [-0.15, -0.1) is 0 Å². The van der Waals surface area contributed by atoms with Gasteiger partial charge in [0.1, 0.15) is 0 Å². The van der Waals surface area contributed by atoms with Crippen LogP contribution in [0, 0.1) is 0 Å². The molecule has 0 saturated heterocycles. The molecule has 2 rings (SSSR count). The van der Waals surface area contributed by atoms with Gasteiger partial charge in [0, 0.05) is 0 Å². The van der Waals surface area contributed by atoms with E-state index in [1.54, 1.807) is 57.4 Å². The second-order valence-corrected chi connectivity index (χ2v) is 11.2. The maximum absolute atomic E-state index is 2.74. The summed E-state index contributed by atoms with van der Waals surface area (Å²) in [5, 5.41) is 0. The van der Waals surface area contributed by atoms with Gasteiger partial charge >= 0.3 is 0 Å². The number of rotatable bonds is 3. The van der Waals surface area contributed by atoms with Crippen molar-refractivity contribution in [2.24, 2.45) is 0 Å². The topological polar surface area (TPSA) is 0 Å². The van der Waals surface area contributed by atoms with Crippen LogP contribution in [0.5, 0.6) is 0 Å². The predicted molar refractivity (Wildman–Crippen MR) is 66.5 cm³/mol. The summed E-state index contributed by atoms with van der Waals surface area (Å²) in [6, 6.07) is 1.56. The van der Waals surface area contributed by atoms with E-state index in [9.17, 15) is 0 Å². The average molecular weight is 210 g/mol. The lowest BCUT2D eigenvalue weighted by atomic mass is 10.3. The highest BCUT2D eigenvalue weighted by Gasteiger charge is 2.43. The van der Waals surface area contributed by atoms with Crippen molar-refractivity contribution < 1.29 is 0 Å². The van der Waals surface area contributed by atoms with Gasteiger partial charge in [-0.3, -0.25) is 0 Å². The Balaban J connectivity index is 2.06. The van der Waals surface area contributed by atoms with E-state index in [2.05, 4.69) is 13.5 Å². The fourth-order valence-electron chi connectivity index (χ4n) is 4.08. The average Bonchev–Trinajstić information content (AvgIpc) is 2.88. The molecule has 0 radical (unpaired) electrons. The molecule has 14 heavy (non-hydrogen) atoms. The van der Waals surface area contributed by atoms with Crippen molar-refractivity contribution in [1.82, 2.24) is 0 Å². The Labute approximate surface area is 90.5 Å². The van der Waals surface area contributed by atoms with Gasteiger partial charge in [0.15, 0.2) is 0 Å². The summed E-state index contributed by atoms with van der Waals surface area (Å²) < 4.78 is 0. The van der Waals surface area contributed by atoms with Crippen LogP contribution in [0.15, 0.2) is 0 Å². The second kappa shape index (κ2) is 4.38. The molecule has 0 aromatic rings. The molecule has 0 aromatic heterocycles. The molecule has 0 bridgehead atoms. The molecule has 2 fully saturated rings. The largest absolute Gasteiger partial charge is 0.0688 e. The zero-order chi connectivity index (χ0) is 10.0. The Morgan fingerprint density at radius 3 is 1.50 bits per heavy atom.